The highest BCUT2D eigenvalue weighted by atomic mass is 16.4. The van der Waals surface area contributed by atoms with Crippen LogP contribution in [0.2, 0.25) is 0 Å². The molecule has 7 nitrogen and oxygen atoms in total. The first kappa shape index (κ1) is 22.4. The highest BCUT2D eigenvalue weighted by Crippen LogP contribution is 2.22. The Balaban J connectivity index is 0.000000219. The standard InChI is InChI=1S/C17H16O4.C8H7N3/c1-11-7-9-14(16(18)19)13(15(11)17(20)21)10-8-12-5-3-2-4-6-12;1-2-4-7(5-3-1)8-9-6-10-11-8/h2-7,9H,8,10H2,1H3,(H,18,19)(H,20,21);1-6H,(H,9,10,11). The van der Waals surface area contributed by atoms with Crippen LogP contribution in [0.3, 0.4) is 0 Å². The third-order valence-electron chi connectivity index (χ3n) is 4.93. The number of hydrogen-bond acceptors (Lipinski definition) is 4. The minimum atomic E-state index is -1.10. The van der Waals surface area contributed by atoms with E-state index in [4.69, 9.17) is 0 Å². The van der Waals surface area contributed by atoms with Crippen molar-refractivity contribution in [3.63, 3.8) is 0 Å². The maximum absolute atomic E-state index is 11.4. The summed E-state index contributed by atoms with van der Waals surface area (Å²) in [5.74, 6) is -1.37. The highest BCUT2D eigenvalue weighted by molar-refractivity contribution is 5.97. The van der Waals surface area contributed by atoms with Crippen molar-refractivity contribution in [3.8, 4) is 11.4 Å². The van der Waals surface area contributed by atoms with E-state index in [9.17, 15) is 19.8 Å². The Hall–Kier alpha value is -4.26. The van der Waals surface area contributed by atoms with Gasteiger partial charge in [-0.05, 0) is 42.5 Å². The molecule has 3 aromatic carbocycles. The molecule has 4 aromatic rings. The van der Waals surface area contributed by atoms with E-state index >= 15 is 0 Å². The highest BCUT2D eigenvalue weighted by Gasteiger charge is 2.20. The number of H-pyrrole nitrogens is 1. The Morgan fingerprint density at radius 1 is 0.844 bits per heavy atom. The summed E-state index contributed by atoms with van der Waals surface area (Å²) in [6, 6.07) is 22.5. The molecular weight excluding hydrogens is 406 g/mol. The molecule has 0 aliphatic carbocycles. The van der Waals surface area contributed by atoms with Gasteiger partial charge in [-0.3, -0.25) is 5.10 Å². The van der Waals surface area contributed by atoms with Crippen molar-refractivity contribution in [1.29, 1.82) is 0 Å². The first-order valence-corrected chi connectivity index (χ1v) is 10.0. The van der Waals surface area contributed by atoms with E-state index < -0.39 is 11.9 Å². The monoisotopic (exact) mass is 429 g/mol. The Labute approximate surface area is 185 Å². The predicted octanol–water partition coefficient (Wildman–Crippen LogP) is 4.65. The molecule has 32 heavy (non-hydrogen) atoms. The zero-order valence-corrected chi connectivity index (χ0v) is 17.5. The van der Waals surface area contributed by atoms with Crippen molar-refractivity contribution in [2.75, 3.05) is 0 Å². The van der Waals surface area contributed by atoms with E-state index in [2.05, 4.69) is 15.2 Å². The molecule has 1 aromatic heterocycles. The van der Waals surface area contributed by atoms with Gasteiger partial charge in [-0.1, -0.05) is 66.7 Å². The minimum absolute atomic E-state index is 0.0638. The van der Waals surface area contributed by atoms with Crippen molar-refractivity contribution in [2.24, 2.45) is 0 Å². The second-order valence-corrected chi connectivity index (χ2v) is 7.08. The number of carboxylic acids is 2. The fraction of sp³-hybridized carbons (Fsp3) is 0.120. The average Bonchev–Trinajstić information content (AvgIpc) is 3.34. The summed E-state index contributed by atoms with van der Waals surface area (Å²) < 4.78 is 0. The molecule has 0 fully saturated rings. The first-order valence-electron chi connectivity index (χ1n) is 10.0. The summed E-state index contributed by atoms with van der Waals surface area (Å²) in [4.78, 5) is 26.8. The van der Waals surface area contributed by atoms with E-state index in [1.807, 2.05) is 60.7 Å². The van der Waals surface area contributed by atoms with Crippen LogP contribution in [0.25, 0.3) is 11.4 Å². The minimum Gasteiger partial charge on any atom is -0.478 e. The fourth-order valence-corrected chi connectivity index (χ4v) is 3.38. The van der Waals surface area contributed by atoms with Gasteiger partial charge in [-0.2, -0.15) is 5.10 Å². The maximum atomic E-state index is 11.4. The van der Waals surface area contributed by atoms with Gasteiger partial charge in [-0.25, -0.2) is 14.6 Å². The molecule has 3 N–H and O–H groups in total. The van der Waals surface area contributed by atoms with Gasteiger partial charge in [0.25, 0.3) is 0 Å². The summed E-state index contributed by atoms with van der Waals surface area (Å²) in [7, 11) is 0. The molecule has 162 valence electrons. The van der Waals surface area contributed by atoms with Crippen molar-refractivity contribution >= 4 is 11.9 Å². The lowest BCUT2D eigenvalue weighted by atomic mass is 9.92. The van der Waals surface area contributed by atoms with E-state index in [-0.39, 0.29) is 11.1 Å². The number of aromatic amines is 1. The molecule has 0 saturated heterocycles. The van der Waals surface area contributed by atoms with Gasteiger partial charge in [0.2, 0.25) is 0 Å². The summed E-state index contributed by atoms with van der Waals surface area (Å²) in [6.07, 6.45) is 2.49. The molecule has 0 bridgehead atoms. The van der Waals surface area contributed by atoms with Gasteiger partial charge in [0.15, 0.2) is 5.82 Å². The molecule has 0 amide bonds. The molecule has 0 spiro atoms. The molecular formula is C25H23N3O4. The van der Waals surface area contributed by atoms with Crippen LogP contribution >= 0.6 is 0 Å². The number of aromatic carboxylic acids is 2. The van der Waals surface area contributed by atoms with Gasteiger partial charge in [0.05, 0.1) is 11.1 Å². The third kappa shape index (κ3) is 5.66. The lowest BCUT2D eigenvalue weighted by molar-refractivity contribution is 0.0695. The van der Waals surface area contributed by atoms with Crippen LogP contribution < -0.4 is 0 Å². The number of hydrogen-bond donors (Lipinski definition) is 3. The van der Waals surface area contributed by atoms with Gasteiger partial charge in [-0.15, -0.1) is 0 Å². The molecule has 0 radical (unpaired) electrons. The molecule has 7 heteroatoms. The normalized spacial score (nSPS) is 10.2. The van der Waals surface area contributed by atoms with E-state index in [1.54, 1.807) is 13.0 Å². The summed E-state index contributed by atoms with van der Waals surface area (Å²) in [5, 5.41) is 25.2. The Kier molecular flexibility index (Phi) is 7.48. The van der Waals surface area contributed by atoms with Crippen LogP contribution in [0.5, 0.6) is 0 Å². The van der Waals surface area contributed by atoms with Gasteiger partial charge in [0.1, 0.15) is 6.33 Å². The fourth-order valence-electron chi connectivity index (χ4n) is 3.38. The number of aryl methyl sites for hydroxylation is 2. The van der Waals surface area contributed by atoms with Crippen LogP contribution in [-0.4, -0.2) is 37.3 Å². The number of aromatic nitrogens is 3. The van der Waals surface area contributed by atoms with Crippen LogP contribution in [0.15, 0.2) is 79.1 Å². The first-order chi connectivity index (χ1) is 15.5. The van der Waals surface area contributed by atoms with Crippen molar-refractivity contribution in [2.45, 2.75) is 19.8 Å². The van der Waals surface area contributed by atoms with E-state index in [0.29, 0.717) is 24.0 Å². The number of nitrogens with zero attached hydrogens (tertiary/aromatic N) is 2. The second kappa shape index (κ2) is 10.7. The number of carboxylic acid groups (broad SMARTS) is 2. The number of rotatable bonds is 6. The second-order valence-electron chi connectivity index (χ2n) is 7.08. The van der Waals surface area contributed by atoms with Gasteiger partial charge < -0.3 is 10.2 Å². The topological polar surface area (TPSA) is 116 Å². The molecule has 0 atom stereocenters. The Morgan fingerprint density at radius 2 is 1.50 bits per heavy atom. The number of nitrogens with one attached hydrogen (secondary N) is 1. The molecule has 1 heterocycles. The number of carbonyl (C=O) groups is 2. The van der Waals surface area contributed by atoms with Crippen molar-refractivity contribution in [3.05, 3.63) is 107 Å². The smallest absolute Gasteiger partial charge is 0.336 e. The lowest BCUT2D eigenvalue weighted by Crippen LogP contribution is -2.12. The average molecular weight is 429 g/mol. The molecule has 0 aliphatic heterocycles. The largest absolute Gasteiger partial charge is 0.478 e. The zero-order chi connectivity index (χ0) is 22.9. The summed E-state index contributed by atoms with van der Waals surface area (Å²) >= 11 is 0. The Bertz CT molecular complexity index is 1170. The quantitative estimate of drug-likeness (QED) is 0.411. The summed E-state index contributed by atoms with van der Waals surface area (Å²) in [6.45, 7) is 1.68. The van der Waals surface area contributed by atoms with Gasteiger partial charge >= 0.3 is 11.9 Å². The van der Waals surface area contributed by atoms with Crippen LogP contribution in [0.4, 0.5) is 0 Å². The Morgan fingerprint density at radius 3 is 2.06 bits per heavy atom. The molecule has 4 rings (SSSR count). The predicted molar refractivity (Wildman–Crippen MR) is 121 cm³/mol. The van der Waals surface area contributed by atoms with Crippen LogP contribution in [0, 0.1) is 6.92 Å². The molecule has 0 saturated carbocycles. The maximum Gasteiger partial charge on any atom is 0.336 e. The molecule has 0 aliphatic rings. The van der Waals surface area contributed by atoms with Crippen molar-refractivity contribution in [1.82, 2.24) is 15.2 Å². The van der Waals surface area contributed by atoms with E-state index in [0.717, 1.165) is 17.0 Å². The summed E-state index contributed by atoms with van der Waals surface area (Å²) in [5.41, 5.74) is 3.24. The molecule has 0 unspecified atom stereocenters. The number of benzene rings is 3. The lowest BCUT2D eigenvalue weighted by Gasteiger charge is -2.12. The van der Waals surface area contributed by atoms with E-state index in [1.165, 1.54) is 12.4 Å². The third-order valence-corrected chi connectivity index (χ3v) is 4.93. The van der Waals surface area contributed by atoms with Gasteiger partial charge in [0, 0.05) is 5.56 Å². The van der Waals surface area contributed by atoms with Crippen molar-refractivity contribution < 1.29 is 19.8 Å². The SMILES string of the molecule is Cc1ccc(C(=O)O)c(CCc2ccccc2)c1C(=O)O.c1ccc(-c2ncn[nH]2)cc1. The zero-order valence-electron chi connectivity index (χ0n) is 17.5. The van der Waals surface area contributed by atoms with Crippen LogP contribution in [0.1, 0.15) is 37.4 Å². The van der Waals surface area contributed by atoms with Crippen LogP contribution in [-0.2, 0) is 12.8 Å².